The average molecular weight is 558 g/mol. The van der Waals surface area contributed by atoms with Gasteiger partial charge in [-0.1, -0.05) is 12.1 Å². The molecule has 2 N–H and O–H groups in total. The van der Waals surface area contributed by atoms with Crippen molar-refractivity contribution in [2.24, 2.45) is 0 Å². The van der Waals surface area contributed by atoms with E-state index < -0.39 is 27.6 Å². The highest BCUT2D eigenvalue weighted by molar-refractivity contribution is 7.90. The minimum absolute atomic E-state index is 0.0338. The van der Waals surface area contributed by atoms with Gasteiger partial charge in [-0.2, -0.15) is 13.2 Å². The van der Waals surface area contributed by atoms with Crippen LogP contribution in [-0.4, -0.2) is 35.5 Å². The molecule has 0 spiro atoms. The number of benzene rings is 1. The maximum Gasteiger partial charge on any atom is 0.433 e. The summed E-state index contributed by atoms with van der Waals surface area (Å²) in [4.78, 5) is 26.6. The van der Waals surface area contributed by atoms with Gasteiger partial charge < -0.3 is 15.4 Å². The van der Waals surface area contributed by atoms with E-state index in [1.54, 1.807) is 12.1 Å². The molecule has 9 nitrogen and oxygen atoms in total. The molecule has 4 heterocycles. The second kappa shape index (κ2) is 9.58. The highest BCUT2D eigenvalue weighted by atomic mass is 32.2. The first kappa shape index (κ1) is 26.5. The summed E-state index contributed by atoms with van der Waals surface area (Å²) < 4.78 is 69.8. The molecule has 1 atom stereocenters. The Morgan fingerprint density at radius 1 is 1.18 bits per heavy atom. The lowest BCUT2D eigenvalue weighted by atomic mass is 9.99. The zero-order valence-electron chi connectivity index (χ0n) is 20.7. The van der Waals surface area contributed by atoms with Crippen LogP contribution in [0.1, 0.15) is 45.8 Å². The molecule has 0 saturated carbocycles. The Kier molecular flexibility index (Phi) is 6.51. The molecule has 4 aromatic rings. The molecule has 5 rings (SSSR count). The van der Waals surface area contributed by atoms with Gasteiger partial charge in [-0.3, -0.25) is 9.78 Å². The van der Waals surface area contributed by atoms with E-state index in [-0.39, 0.29) is 28.9 Å². The van der Waals surface area contributed by atoms with Crippen molar-refractivity contribution in [3.05, 3.63) is 82.8 Å². The largest absolute Gasteiger partial charge is 0.433 e. The van der Waals surface area contributed by atoms with Crippen LogP contribution in [-0.2, 0) is 33.9 Å². The van der Waals surface area contributed by atoms with Crippen molar-refractivity contribution in [2.45, 2.75) is 37.4 Å². The number of nitrogens with two attached hydrogens (primary N) is 1. The fourth-order valence-electron chi connectivity index (χ4n) is 4.57. The fourth-order valence-corrected chi connectivity index (χ4v) is 5.38. The Morgan fingerprint density at radius 3 is 2.62 bits per heavy atom. The summed E-state index contributed by atoms with van der Waals surface area (Å²) in [5.41, 5.74) is 7.67. The standard InChI is InChI=1S/C26H22F3N5O4S/c1-14-22-17-7-5-15(10-19(17)33-23(30)18(22)13-38-14)12-34(20-4-3-9-31-24(20)39(2,36)37)25(35)16-6-8-21(32-11-16)26(27,28)29/h3-11,14H,12-13H2,1-2H3,(H2,30,33)/t14-/m1/s1. The third-order valence-corrected chi connectivity index (χ3v) is 7.41. The summed E-state index contributed by atoms with van der Waals surface area (Å²) in [6.45, 7) is 2.12. The van der Waals surface area contributed by atoms with E-state index in [4.69, 9.17) is 10.5 Å². The quantitative estimate of drug-likeness (QED) is 0.381. The lowest BCUT2D eigenvalue weighted by molar-refractivity contribution is -0.141. The van der Waals surface area contributed by atoms with Crippen LogP contribution in [0.15, 0.2) is 59.9 Å². The van der Waals surface area contributed by atoms with Crippen molar-refractivity contribution in [2.75, 3.05) is 16.9 Å². The monoisotopic (exact) mass is 557 g/mol. The molecular formula is C26H22F3N5O4S. The number of carbonyl (C=O) groups is 1. The molecule has 1 aromatic carbocycles. The Morgan fingerprint density at radius 2 is 1.95 bits per heavy atom. The number of anilines is 2. The topological polar surface area (TPSA) is 128 Å². The van der Waals surface area contributed by atoms with Gasteiger partial charge in [-0.25, -0.2) is 18.4 Å². The fraction of sp³-hybridized carbons (Fsp3) is 0.231. The molecule has 0 unspecified atom stereocenters. The highest BCUT2D eigenvalue weighted by Crippen LogP contribution is 2.38. The van der Waals surface area contributed by atoms with E-state index in [2.05, 4.69) is 15.0 Å². The molecule has 0 bridgehead atoms. The van der Waals surface area contributed by atoms with Gasteiger partial charge in [-0.15, -0.1) is 0 Å². The first-order valence-electron chi connectivity index (χ1n) is 11.7. The molecule has 0 fully saturated rings. The number of hydrogen-bond acceptors (Lipinski definition) is 8. The number of amides is 1. The van der Waals surface area contributed by atoms with Gasteiger partial charge in [0.1, 0.15) is 11.5 Å². The number of hydrogen-bond donors (Lipinski definition) is 1. The first-order chi connectivity index (χ1) is 18.3. The van der Waals surface area contributed by atoms with Crippen LogP contribution >= 0.6 is 0 Å². The summed E-state index contributed by atoms with van der Waals surface area (Å²) in [7, 11) is -3.88. The number of pyridine rings is 3. The second-order valence-corrected chi connectivity index (χ2v) is 11.0. The number of nitrogens with zero attached hydrogens (tertiary/aromatic N) is 4. The molecule has 0 radical (unpaired) electrons. The average Bonchev–Trinajstić information content (AvgIpc) is 3.28. The van der Waals surface area contributed by atoms with Crippen molar-refractivity contribution in [1.29, 1.82) is 0 Å². The molecule has 0 aliphatic carbocycles. The van der Waals surface area contributed by atoms with E-state index in [9.17, 15) is 26.4 Å². The predicted molar refractivity (Wildman–Crippen MR) is 136 cm³/mol. The Hall–Kier alpha value is -4.10. The smallest absolute Gasteiger partial charge is 0.383 e. The van der Waals surface area contributed by atoms with Gasteiger partial charge in [0, 0.05) is 29.6 Å². The number of nitrogen functional groups attached to an aromatic ring is 1. The molecule has 202 valence electrons. The maximum absolute atomic E-state index is 13.6. The van der Waals surface area contributed by atoms with Crippen LogP contribution in [0, 0.1) is 0 Å². The Balaban J connectivity index is 1.60. The first-order valence-corrected chi connectivity index (χ1v) is 13.6. The van der Waals surface area contributed by atoms with Gasteiger partial charge in [0.05, 0.1) is 36.0 Å². The zero-order chi connectivity index (χ0) is 28.1. The van der Waals surface area contributed by atoms with Gasteiger partial charge in [-0.05, 0) is 48.4 Å². The second-order valence-electron chi connectivity index (χ2n) is 9.12. The lowest BCUT2D eigenvalue weighted by Crippen LogP contribution is -2.32. The molecule has 39 heavy (non-hydrogen) atoms. The normalized spacial score (nSPS) is 15.4. The van der Waals surface area contributed by atoms with Crippen LogP contribution < -0.4 is 10.6 Å². The number of ether oxygens (including phenoxy) is 1. The number of alkyl halides is 3. The maximum atomic E-state index is 13.6. The van der Waals surface area contributed by atoms with E-state index in [1.807, 2.05) is 13.0 Å². The highest BCUT2D eigenvalue weighted by Gasteiger charge is 2.33. The number of fused-ring (bicyclic) bond motifs is 3. The number of rotatable bonds is 5. The summed E-state index contributed by atoms with van der Waals surface area (Å²) in [6, 6.07) is 9.86. The summed E-state index contributed by atoms with van der Waals surface area (Å²) in [6.07, 6.45) is -1.84. The predicted octanol–water partition coefficient (Wildman–Crippen LogP) is 4.47. The molecule has 3 aromatic heterocycles. The van der Waals surface area contributed by atoms with Crippen molar-refractivity contribution in [3.8, 4) is 0 Å². The van der Waals surface area contributed by atoms with Crippen molar-refractivity contribution < 1.29 is 31.1 Å². The van der Waals surface area contributed by atoms with Crippen LogP contribution in [0.5, 0.6) is 0 Å². The Labute approximate surface area is 221 Å². The van der Waals surface area contributed by atoms with Crippen molar-refractivity contribution in [3.63, 3.8) is 0 Å². The van der Waals surface area contributed by atoms with E-state index in [1.165, 1.54) is 18.3 Å². The molecule has 1 aliphatic heterocycles. The van der Waals surface area contributed by atoms with Crippen molar-refractivity contribution in [1.82, 2.24) is 15.0 Å². The van der Waals surface area contributed by atoms with Crippen LogP contribution in [0.4, 0.5) is 24.7 Å². The van der Waals surface area contributed by atoms with E-state index >= 15 is 0 Å². The van der Waals surface area contributed by atoms with Crippen LogP contribution in [0.2, 0.25) is 0 Å². The van der Waals surface area contributed by atoms with Crippen molar-refractivity contribution >= 4 is 38.2 Å². The third-order valence-electron chi connectivity index (χ3n) is 6.39. The Bertz CT molecular complexity index is 1710. The van der Waals surface area contributed by atoms with Crippen LogP contribution in [0.3, 0.4) is 0 Å². The molecular weight excluding hydrogens is 535 g/mol. The molecule has 1 aliphatic rings. The van der Waals surface area contributed by atoms with E-state index in [0.717, 1.165) is 39.9 Å². The van der Waals surface area contributed by atoms with Gasteiger partial charge >= 0.3 is 6.18 Å². The van der Waals surface area contributed by atoms with Gasteiger partial charge in [0.2, 0.25) is 0 Å². The molecule has 1 amide bonds. The number of carbonyl (C=O) groups excluding carboxylic acids is 1. The molecule has 0 saturated heterocycles. The summed E-state index contributed by atoms with van der Waals surface area (Å²) in [5.74, 6) is -0.438. The SMILES string of the molecule is C[C@H]1OCc2c(N)nc3cc(CN(C(=O)c4ccc(C(F)(F)F)nc4)c4cccnc4S(C)(=O)=O)ccc3c21. The lowest BCUT2D eigenvalue weighted by Gasteiger charge is -2.25. The number of halogens is 3. The summed E-state index contributed by atoms with van der Waals surface area (Å²) >= 11 is 0. The van der Waals surface area contributed by atoms with Crippen LogP contribution in [0.25, 0.3) is 10.9 Å². The van der Waals surface area contributed by atoms with Gasteiger partial charge in [0.15, 0.2) is 14.9 Å². The van der Waals surface area contributed by atoms with E-state index in [0.29, 0.717) is 29.6 Å². The molecule has 13 heteroatoms. The third kappa shape index (κ3) is 5.02. The zero-order valence-corrected chi connectivity index (χ0v) is 21.5. The number of sulfone groups is 1. The minimum Gasteiger partial charge on any atom is -0.383 e. The van der Waals surface area contributed by atoms with Gasteiger partial charge in [0.25, 0.3) is 5.91 Å². The number of aromatic nitrogens is 3. The minimum atomic E-state index is -4.68. The summed E-state index contributed by atoms with van der Waals surface area (Å²) in [5, 5.41) is 0.473.